The number of aryl methyl sites for hydroxylation is 2. The molecule has 2 rings (SSSR count). The Balaban J connectivity index is 2.46. The van der Waals surface area contributed by atoms with Gasteiger partial charge in [0.1, 0.15) is 11.6 Å². The lowest BCUT2D eigenvalue weighted by Crippen LogP contribution is -2.14. The Hall–Kier alpha value is -1.74. The molecule has 1 aromatic carbocycles. The highest BCUT2D eigenvalue weighted by Crippen LogP contribution is 2.24. The Morgan fingerprint density at radius 1 is 1.20 bits per heavy atom. The number of thiazole rings is 1. The highest BCUT2D eigenvalue weighted by molar-refractivity contribution is 7.94. The zero-order chi connectivity index (χ0) is 15.1. The first-order valence-corrected chi connectivity index (χ1v) is 7.69. The fraction of sp³-hybridized carbons (Fsp3) is 0.182. The van der Waals surface area contributed by atoms with Gasteiger partial charge in [0.2, 0.25) is 0 Å². The van der Waals surface area contributed by atoms with E-state index < -0.39 is 32.2 Å². The molecule has 2 aromatic rings. The van der Waals surface area contributed by atoms with Crippen molar-refractivity contribution in [3.05, 3.63) is 44.7 Å². The van der Waals surface area contributed by atoms with Crippen molar-refractivity contribution < 1.29 is 17.2 Å². The normalized spacial score (nSPS) is 11.6. The molecule has 0 saturated heterocycles. The van der Waals surface area contributed by atoms with E-state index in [9.17, 15) is 22.0 Å². The van der Waals surface area contributed by atoms with Crippen molar-refractivity contribution in [1.82, 2.24) is 4.98 Å². The first-order chi connectivity index (χ1) is 9.20. The summed E-state index contributed by atoms with van der Waals surface area (Å²) in [6, 6.07) is 1.65. The quantitative estimate of drug-likeness (QED) is 0.909. The topological polar surface area (TPSA) is 79.0 Å². The number of benzene rings is 1. The van der Waals surface area contributed by atoms with E-state index in [1.165, 1.54) is 13.8 Å². The van der Waals surface area contributed by atoms with Crippen molar-refractivity contribution in [2.45, 2.75) is 18.1 Å². The van der Waals surface area contributed by atoms with Crippen molar-refractivity contribution in [2.24, 2.45) is 0 Å². The summed E-state index contributed by atoms with van der Waals surface area (Å²) in [4.78, 5) is 12.9. The van der Waals surface area contributed by atoms with Gasteiger partial charge in [0.25, 0.3) is 10.0 Å². The lowest BCUT2D eigenvalue weighted by molar-refractivity contribution is 0.591. The minimum absolute atomic E-state index is 0.0629. The van der Waals surface area contributed by atoms with Crippen LogP contribution in [0.5, 0.6) is 0 Å². The van der Waals surface area contributed by atoms with Gasteiger partial charge < -0.3 is 4.98 Å². The van der Waals surface area contributed by atoms with Gasteiger partial charge in [-0.15, -0.1) is 0 Å². The summed E-state index contributed by atoms with van der Waals surface area (Å²) >= 11 is 0.476. The van der Waals surface area contributed by atoms with Crippen molar-refractivity contribution in [2.75, 3.05) is 4.72 Å². The van der Waals surface area contributed by atoms with Crippen LogP contribution in [0.1, 0.15) is 11.3 Å². The summed E-state index contributed by atoms with van der Waals surface area (Å²) in [6.07, 6.45) is 0. The number of aromatic nitrogens is 1. The molecule has 1 heterocycles. The number of aromatic amines is 1. The second-order valence-corrected chi connectivity index (χ2v) is 6.97. The third-order valence-electron chi connectivity index (χ3n) is 2.52. The predicted octanol–water partition coefficient (Wildman–Crippen LogP) is 2.13. The average Bonchev–Trinajstić information content (AvgIpc) is 2.66. The van der Waals surface area contributed by atoms with Gasteiger partial charge in [-0.05, 0) is 25.5 Å². The van der Waals surface area contributed by atoms with Gasteiger partial charge in [-0.2, -0.15) is 0 Å². The van der Waals surface area contributed by atoms with Crippen molar-refractivity contribution >= 4 is 27.0 Å². The average molecular weight is 320 g/mol. The van der Waals surface area contributed by atoms with Gasteiger partial charge in [0.05, 0.1) is 5.69 Å². The molecule has 0 fully saturated rings. The molecule has 2 N–H and O–H groups in total. The number of hydrogen-bond donors (Lipinski definition) is 2. The number of nitrogens with one attached hydrogen (secondary N) is 2. The number of H-pyrrole nitrogens is 1. The van der Waals surface area contributed by atoms with Gasteiger partial charge in [-0.3, -0.25) is 9.52 Å². The molecule has 0 spiro atoms. The SMILES string of the molecule is Cc1cc(F)c(NS(=O)(=O)c2sc(=O)[nH]c2C)cc1F. The smallest absolute Gasteiger partial charge is 0.306 e. The summed E-state index contributed by atoms with van der Waals surface area (Å²) in [5, 5.41) is 0. The van der Waals surface area contributed by atoms with Gasteiger partial charge in [0.15, 0.2) is 4.21 Å². The second-order valence-electron chi connectivity index (χ2n) is 4.11. The number of sulfonamides is 1. The van der Waals surface area contributed by atoms with Gasteiger partial charge >= 0.3 is 4.87 Å². The summed E-state index contributed by atoms with van der Waals surface area (Å²) in [7, 11) is -4.14. The third kappa shape index (κ3) is 2.73. The maximum absolute atomic E-state index is 13.6. The maximum Gasteiger partial charge on any atom is 0.306 e. The van der Waals surface area contributed by atoms with Gasteiger partial charge in [-0.1, -0.05) is 11.3 Å². The Labute approximate surface area is 117 Å². The molecular weight excluding hydrogens is 310 g/mol. The highest BCUT2D eigenvalue weighted by Gasteiger charge is 2.22. The second kappa shape index (κ2) is 4.98. The van der Waals surface area contributed by atoms with Crippen LogP contribution in [0.4, 0.5) is 14.5 Å². The molecule has 0 radical (unpaired) electrons. The maximum atomic E-state index is 13.6. The molecule has 108 valence electrons. The van der Waals surface area contributed by atoms with E-state index in [-0.39, 0.29) is 15.5 Å². The van der Waals surface area contributed by atoms with Gasteiger partial charge in [-0.25, -0.2) is 17.2 Å². The summed E-state index contributed by atoms with van der Waals surface area (Å²) in [5.74, 6) is -1.63. The van der Waals surface area contributed by atoms with Crippen LogP contribution in [0.2, 0.25) is 0 Å². The fourth-order valence-electron chi connectivity index (χ4n) is 1.56. The monoisotopic (exact) mass is 320 g/mol. The lowest BCUT2D eigenvalue weighted by atomic mass is 10.2. The number of rotatable bonds is 3. The van der Waals surface area contributed by atoms with Crippen LogP contribution >= 0.6 is 11.3 Å². The molecule has 0 atom stereocenters. The first kappa shape index (κ1) is 14.7. The molecule has 9 heteroatoms. The molecule has 0 aliphatic rings. The van der Waals surface area contributed by atoms with Crippen LogP contribution < -0.4 is 9.60 Å². The number of hydrogen-bond acceptors (Lipinski definition) is 4. The zero-order valence-corrected chi connectivity index (χ0v) is 12.1. The molecule has 1 aromatic heterocycles. The highest BCUT2D eigenvalue weighted by atomic mass is 32.2. The Morgan fingerprint density at radius 2 is 1.85 bits per heavy atom. The minimum Gasteiger partial charge on any atom is -0.315 e. The summed E-state index contributed by atoms with van der Waals surface area (Å²) in [6.45, 7) is 2.76. The van der Waals surface area contributed by atoms with E-state index in [2.05, 4.69) is 4.98 Å². The zero-order valence-electron chi connectivity index (χ0n) is 10.5. The molecule has 0 unspecified atom stereocenters. The molecular formula is C11H10F2N2O3S2. The Kier molecular flexibility index (Phi) is 3.65. The van der Waals surface area contributed by atoms with Crippen molar-refractivity contribution in [1.29, 1.82) is 0 Å². The van der Waals surface area contributed by atoms with Crippen LogP contribution in [-0.4, -0.2) is 13.4 Å². The fourth-order valence-corrected chi connectivity index (χ4v) is 3.92. The van der Waals surface area contributed by atoms with E-state index in [0.29, 0.717) is 11.3 Å². The lowest BCUT2D eigenvalue weighted by Gasteiger charge is -2.09. The molecule has 0 aliphatic carbocycles. The van der Waals surface area contributed by atoms with Crippen LogP contribution in [0, 0.1) is 25.5 Å². The first-order valence-electron chi connectivity index (χ1n) is 5.39. The minimum atomic E-state index is -4.14. The van der Waals surface area contributed by atoms with E-state index in [4.69, 9.17) is 0 Å². The van der Waals surface area contributed by atoms with E-state index in [1.54, 1.807) is 0 Å². The van der Waals surface area contributed by atoms with Crippen molar-refractivity contribution in [3.8, 4) is 0 Å². The molecule has 5 nitrogen and oxygen atoms in total. The van der Waals surface area contributed by atoms with Gasteiger partial charge in [0, 0.05) is 11.8 Å². The number of halogens is 2. The van der Waals surface area contributed by atoms with Crippen LogP contribution in [0.25, 0.3) is 0 Å². The summed E-state index contributed by atoms with van der Waals surface area (Å²) in [5.41, 5.74) is -0.304. The van der Waals surface area contributed by atoms with Crippen LogP contribution in [0.15, 0.2) is 21.1 Å². The Bertz CT molecular complexity index is 825. The standard InChI is InChI=1S/C11H10F2N2O3S2/c1-5-3-8(13)9(4-7(5)12)15-20(17,18)10-6(2)14-11(16)19-10/h3-4,15H,1-2H3,(H,14,16). The largest absolute Gasteiger partial charge is 0.315 e. The third-order valence-corrected chi connectivity index (χ3v) is 5.49. The predicted molar refractivity (Wildman–Crippen MR) is 71.6 cm³/mol. The molecule has 20 heavy (non-hydrogen) atoms. The molecule has 0 amide bonds. The molecule has 0 aliphatic heterocycles. The van der Waals surface area contributed by atoms with E-state index in [0.717, 1.165) is 12.1 Å². The van der Waals surface area contributed by atoms with E-state index >= 15 is 0 Å². The van der Waals surface area contributed by atoms with Crippen molar-refractivity contribution in [3.63, 3.8) is 0 Å². The molecule has 0 saturated carbocycles. The van der Waals surface area contributed by atoms with Crippen LogP contribution in [-0.2, 0) is 10.0 Å². The van der Waals surface area contributed by atoms with E-state index in [1.807, 2.05) is 4.72 Å². The Morgan fingerprint density at radius 3 is 2.40 bits per heavy atom. The summed E-state index contributed by atoms with van der Waals surface area (Å²) < 4.78 is 52.7. The molecule has 0 bridgehead atoms. The van der Waals surface area contributed by atoms with Crippen LogP contribution in [0.3, 0.4) is 0 Å². The number of anilines is 1.